The van der Waals surface area contributed by atoms with E-state index in [0.717, 1.165) is 121 Å². The number of hydrogen-bond acceptors (Lipinski definition) is 6. The molecule has 12 aromatic carbocycles. The Labute approximate surface area is 439 Å². The van der Waals surface area contributed by atoms with Crippen molar-refractivity contribution in [2.75, 3.05) is 9.80 Å². The second-order valence-electron chi connectivity index (χ2n) is 18.8. The number of benzene rings is 12. The van der Waals surface area contributed by atoms with Gasteiger partial charge in [0.05, 0.1) is 47.1 Å². The molecule has 0 amide bonds. The number of anilines is 6. The van der Waals surface area contributed by atoms with Gasteiger partial charge in [-0.15, -0.1) is 0 Å². The SMILES string of the molecule is N#CC(=Cc1c2ccccc2c(C=C(C#N)c2ccc(N(c3ccccc3)c3c4ccccc4cc4ccccc34)cc2)c2cnncc12)c1ccc(N(c2ccccc2)c2c3ccccc3cc3ccccc23)cc1. The van der Waals surface area contributed by atoms with Crippen LogP contribution in [0.15, 0.2) is 255 Å². The van der Waals surface area contributed by atoms with Crippen LogP contribution in [0.25, 0.3) is 87.9 Å². The topological polar surface area (TPSA) is 79.8 Å². The molecule has 0 radical (unpaired) electrons. The van der Waals surface area contributed by atoms with Crippen LogP contribution in [-0.2, 0) is 0 Å². The number of rotatable bonds is 10. The fourth-order valence-corrected chi connectivity index (χ4v) is 11.0. The highest BCUT2D eigenvalue weighted by atomic mass is 15.2. The van der Waals surface area contributed by atoms with E-state index < -0.39 is 0 Å². The van der Waals surface area contributed by atoms with Crippen LogP contribution in [0.1, 0.15) is 22.3 Å². The van der Waals surface area contributed by atoms with E-state index in [1.807, 2.05) is 60.7 Å². The molecule has 0 bridgehead atoms. The Morgan fingerprint density at radius 1 is 0.316 bits per heavy atom. The third kappa shape index (κ3) is 8.01. The molecule has 0 aliphatic heterocycles. The van der Waals surface area contributed by atoms with Gasteiger partial charge in [0.2, 0.25) is 0 Å². The first-order valence-corrected chi connectivity index (χ1v) is 25.2. The Bertz CT molecular complexity index is 4070. The minimum Gasteiger partial charge on any atom is -0.309 e. The lowest BCUT2D eigenvalue weighted by atomic mass is 9.90. The van der Waals surface area contributed by atoms with Crippen molar-refractivity contribution in [3.05, 3.63) is 277 Å². The van der Waals surface area contributed by atoms with E-state index in [1.54, 1.807) is 12.4 Å². The van der Waals surface area contributed by atoms with Crippen molar-refractivity contribution in [3.63, 3.8) is 0 Å². The Balaban J connectivity index is 0.898. The maximum Gasteiger partial charge on any atom is 0.0998 e. The summed E-state index contributed by atoms with van der Waals surface area (Å²) in [5.74, 6) is 0. The van der Waals surface area contributed by atoms with E-state index in [0.29, 0.717) is 11.1 Å². The van der Waals surface area contributed by atoms with Crippen molar-refractivity contribution in [2.24, 2.45) is 0 Å². The molecule has 0 atom stereocenters. The fraction of sp³-hybridized carbons (Fsp3) is 0. The van der Waals surface area contributed by atoms with Gasteiger partial charge in [-0.1, -0.05) is 182 Å². The average Bonchev–Trinajstić information content (AvgIpc) is 3.49. The summed E-state index contributed by atoms with van der Waals surface area (Å²) in [6.45, 7) is 0. The highest BCUT2D eigenvalue weighted by Crippen LogP contribution is 2.46. The molecule has 0 unspecified atom stereocenters. The van der Waals surface area contributed by atoms with Crippen LogP contribution < -0.4 is 9.80 Å². The molecule has 1 heterocycles. The molecule has 0 N–H and O–H groups in total. The van der Waals surface area contributed by atoms with E-state index in [-0.39, 0.29) is 0 Å². The summed E-state index contributed by atoms with van der Waals surface area (Å²) in [6, 6.07) is 89.2. The molecule has 0 aliphatic rings. The molecule has 0 saturated carbocycles. The standard InChI is InChI=1S/C70H44N6/c71-43-53(47-31-35-57(36-32-47)75(55-21-3-1-4-22-55)69-59-25-11-7-17-49(59)39-50-18-8-12-26-60(50)69)41-65-63-29-15-16-30-64(63)66(68-46-74-73-45-67(65)68)42-54(44-72)48-33-37-58(38-34-48)76(56-23-5-2-6-24-56)70-61-27-13-9-19-51(61)40-52-20-10-14-28-62(52)70/h1-42,45-46H. The normalized spacial score (nSPS) is 11.8. The molecule has 6 heteroatoms. The van der Waals surface area contributed by atoms with Crippen molar-refractivity contribution in [2.45, 2.75) is 0 Å². The first-order valence-electron chi connectivity index (χ1n) is 25.2. The van der Waals surface area contributed by atoms with Crippen LogP contribution in [0.4, 0.5) is 34.1 Å². The third-order valence-electron chi connectivity index (χ3n) is 14.5. The lowest BCUT2D eigenvalue weighted by Gasteiger charge is -2.28. The lowest BCUT2D eigenvalue weighted by molar-refractivity contribution is 1.05. The molecule has 0 spiro atoms. The van der Waals surface area contributed by atoms with Gasteiger partial charge in [-0.2, -0.15) is 20.7 Å². The van der Waals surface area contributed by atoms with Gasteiger partial charge in [0, 0.05) is 55.1 Å². The third-order valence-corrected chi connectivity index (χ3v) is 14.5. The van der Waals surface area contributed by atoms with Crippen molar-refractivity contribution in [1.82, 2.24) is 10.2 Å². The number of nitrogens with zero attached hydrogens (tertiary/aromatic N) is 6. The van der Waals surface area contributed by atoms with Crippen molar-refractivity contribution in [1.29, 1.82) is 10.5 Å². The van der Waals surface area contributed by atoms with Gasteiger partial charge in [0.1, 0.15) is 0 Å². The molecule has 13 aromatic rings. The molecular formula is C70H44N6. The first kappa shape index (κ1) is 45.2. The molecule has 354 valence electrons. The second-order valence-corrected chi connectivity index (χ2v) is 18.8. The quantitative estimate of drug-likeness (QED) is 0.0772. The van der Waals surface area contributed by atoms with Gasteiger partial charge in [0.15, 0.2) is 0 Å². The minimum atomic E-state index is 0.499. The van der Waals surface area contributed by atoms with E-state index in [2.05, 4.69) is 226 Å². The molecule has 0 fully saturated rings. The fourth-order valence-electron chi connectivity index (χ4n) is 11.0. The predicted molar refractivity (Wildman–Crippen MR) is 316 cm³/mol. The number of para-hydroxylation sites is 2. The average molecular weight is 969 g/mol. The van der Waals surface area contributed by atoms with E-state index in [9.17, 15) is 10.5 Å². The van der Waals surface area contributed by atoms with Gasteiger partial charge in [-0.25, -0.2) is 0 Å². The molecule has 6 nitrogen and oxygen atoms in total. The molecule has 0 saturated heterocycles. The lowest BCUT2D eigenvalue weighted by Crippen LogP contribution is -2.11. The Morgan fingerprint density at radius 2 is 0.605 bits per heavy atom. The van der Waals surface area contributed by atoms with Gasteiger partial charge >= 0.3 is 0 Å². The monoisotopic (exact) mass is 968 g/mol. The summed E-state index contributed by atoms with van der Waals surface area (Å²) < 4.78 is 0. The molecule has 1 aromatic heterocycles. The van der Waals surface area contributed by atoms with Crippen LogP contribution in [0.3, 0.4) is 0 Å². The largest absolute Gasteiger partial charge is 0.309 e. The zero-order valence-electron chi connectivity index (χ0n) is 41.1. The van der Waals surface area contributed by atoms with E-state index >= 15 is 0 Å². The van der Waals surface area contributed by atoms with E-state index in [4.69, 9.17) is 0 Å². The molecule has 0 aliphatic carbocycles. The predicted octanol–water partition coefficient (Wildman–Crippen LogP) is 18.5. The van der Waals surface area contributed by atoms with Gasteiger partial charge in [-0.3, -0.25) is 0 Å². The summed E-state index contributed by atoms with van der Waals surface area (Å²) in [5.41, 5.74) is 10.4. The van der Waals surface area contributed by atoms with Crippen molar-refractivity contribution in [3.8, 4) is 12.1 Å². The zero-order chi connectivity index (χ0) is 51.0. The number of nitriles is 2. The Kier molecular flexibility index (Phi) is 11.5. The Morgan fingerprint density at radius 3 is 0.934 bits per heavy atom. The van der Waals surface area contributed by atoms with Crippen LogP contribution in [0, 0.1) is 22.7 Å². The molecule has 76 heavy (non-hydrogen) atoms. The van der Waals surface area contributed by atoms with Crippen LogP contribution in [0.2, 0.25) is 0 Å². The number of aromatic nitrogens is 2. The number of allylic oxidation sites excluding steroid dienone is 2. The van der Waals surface area contributed by atoms with Crippen molar-refractivity contribution >= 4 is 122 Å². The maximum atomic E-state index is 11.0. The summed E-state index contributed by atoms with van der Waals surface area (Å²) >= 11 is 0. The zero-order valence-corrected chi connectivity index (χ0v) is 41.1. The highest BCUT2D eigenvalue weighted by molar-refractivity contribution is 6.18. The van der Waals surface area contributed by atoms with Crippen molar-refractivity contribution < 1.29 is 0 Å². The van der Waals surface area contributed by atoms with Crippen LogP contribution in [0.5, 0.6) is 0 Å². The van der Waals surface area contributed by atoms with Gasteiger partial charge < -0.3 is 9.80 Å². The van der Waals surface area contributed by atoms with Crippen LogP contribution >= 0.6 is 0 Å². The maximum absolute atomic E-state index is 11.0. The first-order chi connectivity index (χ1) is 37.6. The highest BCUT2D eigenvalue weighted by Gasteiger charge is 2.22. The number of hydrogen-bond donors (Lipinski definition) is 0. The minimum absolute atomic E-state index is 0.499. The van der Waals surface area contributed by atoms with Crippen LogP contribution in [-0.4, -0.2) is 10.2 Å². The smallest absolute Gasteiger partial charge is 0.0998 e. The summed E-state index contributed by atoms with van der Waals surface area (Å²) in [4.78, 5) is 4.63. The van der Waals surface area contributed by atoms with Gasteiger partial charge in [0.25, 0.3) is 0 Å². The molecular weight excluding hydrogens is 925 g/mol. The summed E-state index contributed by atoms with van der Waals surface area (Å²) in [6.07, 6.45) is 7.43. The number of fused-ring (bicyclic) bond motifs is 6. The van der Waals surface area contributed by atoms with Gasteiger partial charge in [-0.05, 0) is 127 Å². The molecule has 13 rings (SSSR count). The summed E-state index contributed by atoms with van der Waals surface area (Å²) in [7, 11) is 0. The Hall–Kier alpha value is -10.7. The second kappa shape index (κ2) is 19.4. The summed E-state index contributed by atoms with van der Waals surface area (Å²) in [5, 5.41) is 43.3. The van der Waals surface area contributed by atoms with E-state index in [1.165, 1.54) is 0 Å².